The highest BCUT2D eigenvalue weighted by atomic mass is 35.5. The molecule has 0 bridgehead atoms. The van der Waals surface area contributed by atoms with Crippen molar-refractivity contribution >= 4 is 24.0 Å². The third-order valence-corrected chi connectivity index (χ3v) is 1.08. The molecule has 4 heteroatoms. The van der Waals surface area contributed by atoms with Crippen molar-refractivity contribution in [1.29, 1.82) is 0 Å². The van der Waals surface area contributed by atoms with E-state index in [1.165, 1.54) is 0 Å². The monoisotopic (exact) mass is 181 g/mol. The minimum Gasteiger partial charge on any atom is -0.508 e. The Balaban J connectivity index is 0. The molecule has 1 aromatic carbocycles. The first-order valence-corrected chi connectivity index (χ1v) is 2.61. The quantitative estimate of drug-likeness (QED) is 0.647. The highest BCUT2D eigenvalue weighted by molar-refractivity contribution is 6.30. The van der Waals surface area contributed by atoms with E-state index in [1.54, 1.807) is 24.3 Å². The first-order chi connectivity index (χ1) is 3.79. The van der Waals surface area contributed by atoms with Gasteiger partial charge in [0, 0.05) is 5.02 Å². The Hall–Kier alpha value is -0.440. The summed E-state index contributed by atoms with van der Waals surface area (Å²) in [5, 5.41) is 9.34. The SMILES string of the molecule is Cl.N.Oc1ccc(Cl)cc1. The highest BCUT2D eigenvalue weighted by Gasteiger charge is 1.84. The Morgan fingerprint density at radius 3 is 1.80 bits per heavy atom. The van der Waals surface area contributed by atoms with Gasteiger partial charge in [-0.3, -0.25) is 0 Å². The Morgan fingerprint density at radius 1 is 1.10 bits per heavy atom. The van der Waals surface area contributed by atoms with Gasteiger partial charge in [0.2, 0.25) is 0 Å². The van der Waals surface area contributed by atoms with Gasteiger partial charge in [0.1, 0.15) is 5.75 Å². The van der Waals surface area contributed by atoms with Gasteiger partial charge in [0.15, 0.2) is 0 Å². The van der Waals surface area contributed by atoms with Crippen LogP contribution in [0, 0.1) is 0 Å². The molecule has 0 aromatic heterocycles. The van der Waals surface area contributed by atoms with E-state index < -0.39 is 0 Å². The lowest BCUT2D eigenvalue weighted by Gasteiger charge is -1.87. The fourth-order valence-corrected chi connectivity index (χ4v) is 0.567. The van der Waals surface area contributed by atoms with E-state index in [9.17, 15) is 0 Å². The number of hydrogen-bond acceptors (Lipinski definition) is 2. The lowest BCUT2D eigenvalue weighted by molar-refractivity contribution is 0.475. The smallest absolute Gasteiger partial charge is 0.115 e. The van der Waals surface area contributed by atoms with Crippen LogP contribution in [0.3, 0.4) is 0 Å². The summed E-state index contributed by atoms with van der Waals surface area (Å²) in [5.41, 5.74) is 0. The van der Waals surface area contributed by atoms with E-state index >= 15 is 0 Å². The summed E-state index contributed by atoms with van der Waals surface area (Å²) >= 11 is 5.50. The van der Waals surface area contributed by atoms with E-state index in [0.717, 1.165) is 0 Å². The Morgan fingerprint density at radius 2 is 1.50 bits per heavy atom. The van der Waals surface area contributed by atoms with Gasteiger partial charge < -0.3 is 11.3 Å². The predicted molar refractivity (Wildman–Crippen MR) is 45.4 cm³/mol. The van der Waals surface area contributed by atoms with Crippen LogP contribution in [0.2, 0.25) is 5.02 Å². The van der Waals surface area contributed by atoms with Gasteiger partial charge in [-0.1, -0.05) is 11.6 Å². The van der Waals surface area contributed by atoms with E-state index in [0.29, 0.717) is 5.02 Å². The summed E-state index contributed by atoms with van der Waals surface area (Å²) in [6.07, 6.45) is 0. The Labute approximate surface area is 70.8 Å². The average molecular weight is 182 g/mol. The lowest BCUT2D eigenvalue weighted by atomic mass is 10.3. The van der Waals surface area contributed by atoms with Crippen LogP contribution in [0.4, 0.5) is 0 Å². The van der Waals surface area contributed by atoms with Crippen LogP contribution in [0.1, 0.15) is 0 Å². The highest BCUT2D eigenvalue weighted by Crippen LogP contribution is 2.12. The van der Waals surface area contributed by atoms with Gasteiger partial charge in [-0.2, -0.15) is 0 Å². The minimum atomic E-state index is 0. The second-order valence-corrected chi connectivity index (χ2v) is 1.91. The zero-order valence-corrected chi connectivity index (χ0v) is 6.82. The van der Waals surface area contributed by atoms with Crippen LogP contribution in [0.25, 0.3) is 0 Å². The van der Waals surface area contributed by atoms with Crippen LogP contribution < -0.4 is 6.15 Å². The number of rotatable bonds is 0. The van der Waals surface area contributed by atoms with Crippen molar-refractivity contribution < 1.29 is 5.11 Å². The molecule has 58 valence electrons. The van der Waals surface area contributed by atoms with Crippen molar-refractivity contribution in [3.8, 4) is 5.75 Å². The molecule has 0 atom stereocenters. The van der Waals surface area contributed by atoms with Gasteiger partial charge >= 0.3 is 0 Å². The molecule has 0 radical (unpaired) electrons. The molecule has 0 saturated carbocycles. The normalized spacial score (nSPS) is 7.30. The fraction of sp³-hybridized carbons (Fsp3) is 0. The number of hydrogen-bond donors (Lipinski definition) is 2. The van der Waals surface area contributed by atoms with E-state index in [4.69, 9.17) is 16.7 Å². The van der Waals surface area contributed by atoms with Crippen LogP contribution in [-0.2, 0) is 0 Å². The van der Waals surface area contributed by atoms with Gasteiger partial charge in [-0.25, -0.2) is 0 Å². The zero-order chi connectivity index (χ0) is 5.98. The summed E-state index contributed by atoms with van der Waals surface area (Å²) < 4.78 is 0. The molecule has 1 aromatic rings. The van der Waals surface area contributed by atoms with Gasteiger partial charge in [-0.15, -0.1) is 12.4 Å². The molecular weight excluding hydrogens is 173 g/mol. The van der Waals surface area contributed by atoms with Crippen molar-refractivity contribution in [3.05, 3.63) is 29.3 Å². The third kappa shape index (κ3) is 3.56. The predicted octanol–water partition coefficient (Wildman–Crippen LogP) is 2.63. The van der Waals surface area contributed by atoms with E-state index in [2.05, 4.69) is 0 Å². The number of benzene rings is 1. The van der Waals surface area contributed by atoms with Gasteiger partial charge in [-0.05, 0) is 24.3 Å². The zero-order valence-electron chi connectivity index (χ0n) is 5.25. The second-order valence-electron chi connectivity index (χ2n) is 1.48. The van der Waals surface area contributed by atoms with Crippen LogP contribution >= 0.6 is 24.0 Å². The summed E-state index contributed by atoms with van der Waals surface area (Å²) in [5.74, 6) is 0.245. The maximum atomic E-state index is 8.70. The van der Waals surface area contributed by atoms with Crippen LogP contribution in [0.15, 0.2) is 24.3 Å². The summed E-state index contributed by atoms with van der Waals surface area (Å²) in [6.45, 7) is 0. The molecule has 0 aliphatic rings. The number of phenols is 1. The first-order valence-electron chi connectivity index (χ1n) is 2.23. The molecular formula is C6H9Cl2NO. The fourth-order valence-electron chi connectivity index (χ4n) is 0.441. The van der Waals surface area contributed by atoms with Crippen molar-refractivity contribution in [2.24, 2.45) is 0 Å². The third-order valence-electron chi connectivity index (χ3n) is 0.827. The summed E-state index contributed by atoms with van der Waals surface area (Å²) in [4.78, 5) is 0. The van der Waals surface area contributed by atoms with Crippen molar-refractivity contribution in [1.82, 2.24) is 6.15 Å². The number of aromatic hydroxyl groups is 1. The second kappa shape index (κ2) is 5.35. The average Bonchev–Trinajstić information content (AvgIpc) is 1.77. The minimum absolute atomic E-state index is 0. The Bertz CT molecular complexity index is 155. The molecule has 0 fully saturated rings. The molecule has 4 N–H and O–H groups in total. The Kier molecular flexibility index (Phi) is 6.56. The number of phenolic OH excluding ortho intramolecular Hbond substituents is 1. The van der Waals surface area contributed by atoms with Gasteiger partial charge in [0.05, 0.1) is 0 Å². The topological polar surface area (TPSA) is 55.2 Å². The lowest BCUT2D eigenvalue weighted by Crippen LogP contribution is -1.61. The first kappa shape index (κ1) is 12.3. The number of halogens is 2. The molecule has 10 heavy (non-hydrogen) atoms. The maximum Gasteiger partial charge on any atom is 0.115 e. The van der Waals surface area contributed by atoms with Gasteiger partial charge in [0.25, 0.3) is 0 Å². The van der Waals surface area contributed by atoms with Crippen molar-refractivity contribution in [2.75, 3.05) is 0 Å². The molecule has 0 aliphatic heterocycles. The van der Waals surface area contributed by atoms with Crippen LogP contribution in [0.5, 0.6) is 5.75 Å². The van der Waals surface area contributed by atoms with Crippen molar-refractivity contribution in [2.45, 2.75) is 0 Å². The summed E-state index contributed by atoms with van der Waals surface area (Å²) in [7, 11) is 0. The molecule has 1 rings (SSSR count). The summed E-state index contributed by atoms with van der Waals surface area (Å²) in [6, 6.07) is 6.36. The van der Waals surface area contributed by atoms with E-state index in [1.807, 2.05) is 0 Å². The van der Waals surface area contributed by atoms with E-state index in [-0.39, 0.29) is 24.3 Å². The molecule has 0 amide bonds. The van der Waals surface area contributed by atoms with Crippen LogP contribution in [-0.4, -0.2) is 5.11 Å². The molecule has 0 saturated heterocycles. The molecule has 0 unspecified atom stereocenters. The molecule has 0 spiro atoms. The van der Waals surface area contributed by atoms with Crippen molar-refractivity contribution in [3.63, 3.8) is 0 Å². The molecule has 0 heterocycles. The molecule has 0 aliphatic carbocycles. The molecule has 2 nitrogen and oxygen atoms in total. The maximum absolute atomic E-state index is 8.70. The standard InChI is InChI=1S/C6H5ClO.ClH.H3N/c7-5-1-3-6(8)4-2-5;;/h1-4,8H;1H;1H3. The largest absolute Gasteiger partial charge is 0.508 e.